The average Bonchev–Trinajstić information content (AvgIpc) is 2.99. The Morgan fingerprint density at radius 1 is 0.931 bits per heavy atom. The monoisotopic (exact) mass is 466 g/mol. The fraction of sp³-hybridized carbons (Fsp3) is 0.381. The molecule has 4 atom stereocenters. The molecule has 2 aromatic rings. The van der Waals surface area contributed by atoms with E-state index in [0.29, 0.717) is 10.4 Å². The first kappa shape index (κ1) is 21.9. The van der Waals surface area contributed by atoms with Crippen LogP contribution >= 0.6 is 0 Å². The van der Waals surface area contributed by atoms with Crippen LogP contribution < -0.4 is 9.80 Å². The van der Waals surface area contributed by atoms with Gasteiger partial charge in [0, 0.05) is 0 Å². The van der Waals surface area contributed by atoms with Crippen molar-refractivity contribution >= 4 is 31.6 Å². The number of rotatable bonds is 6. The molecule has 0 radical (unpaired) electrons. The minimum atomic E-state index is -1.96. The van der Waals surface area contributed by atoms with Crippen molar-refractivity contribution < 1.29 is 25.5 Å². The zero-order valence-corrected chi connectivity index (χ0v) is 18.0. The number of β-amino-alcohol motifs (C(OH)–C–C–N with tert-alkyl or cyclic N) is 1. The Morgan fingerprint density at radius 3 is 1.90 bits per heavy atom. The zero-order chi connectivity index (χ0) is 21.3. The molecule has 156 valence electrons. The molecule has 2 aromatic carbocycles. The number of nitrogens with zero attached hydrogens (tertiary/aromatic N) is 2. The van der Waals surface area contributed by atoms with Gasteiger partial charge in [0.1, 0.15) is 0 Å². The van der Waals surface area contributed by atoms with Crippen LogP contribution in [0.4, 0.5) is 11.4 Å². The fourth-order valence-electron chi connectivity index (χ4n) is 3.43. The summed E-state index contributed by atoms with van der Waals surface area (Å²) in [7, 11) is 0. The molecule has 1 aliphatic rings. The Kier molecular flexibility index (Phi) is 6.45. The van der Waals surface area contributed by atoms with Gasteiger partial charge in [-0.3, -0.25) is 0 Å². The molecule has 1 heterocycles. The van der Waals surface area contributed by atoms with Crippen molar-refractivity contribution in [1.29, 1.82) is 0 Å². The summed E-state index contributed by atoms with van der Waals surface area (Å²) in [6.07, 6.45) is -5.10. The van der Waals surface area contributed by atoms with Crippen molar-refractivity contribution in [2.24, 2.45) is 0 Å². The van der Waals surface area contributed by atoms with Gasteiger partial charge < -0.3 is 0 Å². The third kappa shape index (κ3) is 4.11. The molecule has 0 saturated carbocycles. The molecule has 1 saturated heterocycles. The molecule has 29 heavy (non-hydrogen) atoms. The number of anilines is 2. The molecule has 0 aromatic heterocycles. The van der Waals surface area contributed by atoms with Gasteiger partial charge in [0.2, 0.25) is 0 Å². The van der Waals surface area contributed by atoms with E-state index >= 15 is 0 Å². The van der Waals surface area contributed by atoms with Gasteiger partial charge in [-0.2, -0.15) is 0 Å². The Bertz CT molecular complexity index is 860. The van der Waals surface area contributed by atoms with Crippen LogP contribution in [0.1, 0.15) is 11.1 Å². The number of hydrogen-bond donors (Lipinski definition) is 5. The van der Waals surface area contributed by atoms with Gasteiger partial charge in [-0.25, -0.2) is 0 Å². The van der Waals surface area contributed by atoms with E-state index in [1.165, 1.54) is 4.90 Å². The third-order valence-corrected chi connectivity index (χ3v) is 6.06. The normalized spacial score (nSPS) is 22.7. The summed E-state index contributed by atoms with van der Waals surface area (Å²) in [5.74, 6) is 0. The van der Waals surface area contributed by atoms with Gasteiger partial charge in [0.05, 0.1) is 0 Å². The minimum absolute atomic E-state index is 0.0668. The van der Waals surface area contributed by atoms with E-state index in [2.05, 4.69) is 15.6 Å². The number of hydrogen-bond acceptors (Lipinski definition) is 7. The Labute approximate surface area is 177 Å². The van der Waals surface area contributed by atoms with Gasteiger partial charge in [-0.1, -0.05) is 0 Å². The molecule has 1 unspecified atom stereocenters. The standard InChI is InChI=1S/C21H26N2O5Se/c1-13-3-7-15(8-4-13)22-12-21(28,19(27)18(26)17(25)11-24)23(20(22)29)16-9-5-14(2)6-10-16/h3-10,17-19,24-28H,11-12H2,1-2H3/t17-,18-,19+,21?/m1/s1. The molecule has 0 amide bonds. The second-order valence-corrected chi connectivity index (χ2v) is 8.21. The first-order valence-corrected chi connectivity index (χ1v) is 10.2. The van der Waals surface area contributed by atoms with E-state index in [9.17, 15) is 20.4 Å². The number of aliphatic hydroxyl groups is 5. The Balaban J connectivity index is 2.05. The van der Waals surface area contributed by atoms with Crippen LogP contribution in [0.15, 0.2) is 48.5 Å². The second kappa shape index (κ2) is 8.53. The van der Waals surface area contributed by atoms with Gasteiger partial charge >= 0.3 is 178 Å². The van der Waals surface area contributed by atoms with Crippen LogP contribution in [0.25, 0.3) is 0 Å². The molecule has 3 rings (SSSR count). The van der Waals surface area contributed by atoms with E-state index in [-0.39, 0.29) is 6.54 Å². The molecule has 1 aliphatic heterocycles. The Hall–Kier alpha value is -1.77. The van der Waals surface area contributed by atoms with Crippen LogP contribution in [0.5, 0.6) is 0 Å². The summed E-state index contributed by atoms with van der Waals surface area (Å²) in [5, 5.41) is 51.7. The second-order valence-electron chi connectivity index (χ2n) is 7.44. The summed E-state index contributed by atoms with van der Waals surface area (Å²) in [4.78, 5) is 3.30. The molecular weight excluding hydrogens is 439 g/mol. The predicted molar refractivity (Wildman–Crippen MR) is 113 cm³/mol. The molecule has 0 spiro atoms. The van der Waals surface area contributed by atoms with E-state index in [4.69, 9.17) is 5.11 Å². The summed E-state index contributed by atoms with van der Waals surface area (Å²) in [6.45, 7) is 3.11. The van der Waals surface area contributed by atoms with Crippen LogP contribution in [0, 0.1) is 13.8 Å². The third-order valence-electron chi connectivity index (χ3n) is 5.22. The van der Waals surface area contributed by atoms with Gasteiger partial charge in [0.25, 0.3) is 0 Å². The average molecular weight is 465 g/mol. The number of aryl methyl sites for hydroxylation is 2. The maximum absolute atomic E-state index is 11.6. The first-order valence-electron chi connectivity index (χ1n) is 9.31. The molecule has 7 nitrogen and oxygen atoms in total. The Morgan fingerprint density at radius 2 is 1.41 bits per heavy atom. The van der Waals surface area contributed by atoms with E-state index in [1.807, 2.05) is 50.2 Å². The van der Waals surface area contributed by atoms with E-state index < -0.39 is 30.6 Å². The SMILES string of the molecule is Cc1ccc(N2CC(O)([C@@H](O)[C@H](O)[C@H](O)CO)N(c3ccc(C)cc3)C2=[Se])cc1. The van der Waals surface area contributed by atoms with Crippen molar-refractivity contribution in [3.05, 3.63) is 59.7 Å². The van der Waals surface area contributed by atoms with Crippen LogP contribution in [-0.2, 0) is 0 Å². The molecule has 0 bridgehead atoms. The predicted octanol–water partition coefficient (Wildman–Crippen LogP) is -0.350. The van der Waals surface area contributed by atoms with Crippen molar-refractivity contribution in [3.63, 3.8) is 0 Å². The van der Waals surface area contributed by atoms with Gasteiger partial charge in [-0.05, 0) is 0 Å². The van der Waals surface area contributed by atoms with Crippen molar-refractivity contribution in [2.75, 3.05) is 23.0 Å². The summed E-state index contributed by atoms with van der Waals surface area (Å²) in [5.41, 5.74) is 1.55. The van der Waals surface area contributed by atoms with Crippen LogP contribution in [-0.4, -0.2) is 83.0 Å². The molecular formula is C21H26N2O5Se. The summed E-state index contributed by atoms with van der Waals surface area (Å²) < 4.78 is 0.532. The number of benzene rings is 2. The first-order chi connectivity index (χ1) is 13.7. The van der Waals surface area contributed by atoms with Gasteiger partial charge in [-0.15, -0.1) is 0 Å². The van der Waals surface area contributed by atoms with Gasteiger partial charge in [0.15, 0.2) is 0 Å². The molecule has 1 fully saturated rings. The summed E-state index contributed by atoms with van der Waals surface area (Å²) in [6, 6.07) is 15.0. The molecule has 5 N–H and O–H groups in total. The molecule has 8 heteroatoms. The topological polar surface area (TPSA) is 108 Å². The van der Waals surface area contributed by atoms with E-state index in [0.717, 1.165) is 16.8 Å². The zero-order valence-electron chi connectivity index (χ0n) is 16.3. The van der Waals surface area contributed by atoms with Crippen molar-refractivity contribution in [3.8, 4) is 0 Å². The molecule has 0 aliphatic carbocycles. The fourth-order valence-corrected chi connectivity index (χ4v) is 4.34. The van der Waals surface area contributed by atoms with E-state index in [1.54, 1.807) is 17.0 Å². The summed E-state index contributed by atoms with van der Waals surface area (Å²) >= 11 is 2.96. The number of aliphatic hydroxyl groups excluding tert-OH is 4. The van der Waals surface area contributed by atoms with Crippen molar-refractivity contribution in [2.45, 2.75) is 37.9 Å². The quantitative estimate of drug-likeness (QED) is 0.372. The van der Waals surface area contributed by atoms with Crippen LogP contribution in [0.3, 0.4) is 0 Å². The maximum atomic E-state index is 11.6. The van der Waals surface area contributed by atoms with Crippen molar-refractivity contribution in [1.82, 2.24) is 0 Å². The van der Waals surface area contributed by atoms with Crippen LogP contribution in [0.2, 0.25) is 0 Å².